The van der Waals surface area contributed by atoms with E-state index in [0.717, 1.165) is 56.3 Å². The van der Waals surface area contributed by atoms with Crippen molar-refractivity contribution in [3.8, 4) is 85.9 Å². The summed E-state index contributed by atoms with van der Waals surface area (Å²) < 4.78 is 80.1. The Morgan fingerprint density at radius 3 is 1.05 bits per heavy atom. The van der Waals surface area contributed by atoms with Gasteiger partial charge in [0.25, 0.3) is 0 Å². The van der Waals surface area contributed by atoms with Crippen LogP contribution in [-0.2, 0) is 82.8 Å². The summed E-state index contributed by atoms with van der Waals surface area (Å²) in [5.74, 6) is -2.03. The van der Waals surface area contributed by atoms with Gasteiger partial charge in [-0.1, -0.05) is 133 Å². The molecule has 0 amide bonds. The number of ether oxygens (including phenoxy) is 15. The molecular weight excluding hydrogens is 1920 g/mol. The summed E-state index contributed by atoms with van der Waals surface area (Å²) in [7, 11) is 0. The molecule has 11 rings (SSSR count). The number of aryl methyl sites for hydroxylation is 1. The fraction of sp³-hybridized carbons (Fsp3) is 0.156. The van der Waals surface area contributed by atoms with Crippen molar-refractivity contribution in [2.45, 2.75) is 88.0 Å². The van der Waals surface area contributed by atoms with E-state index in [2.05, 4.69) is 66.1 Å². The molecule has 0 bridgehead atoms. The van der Waals surface area contributed by atoms with E-state index in [0.29, 0.717) is 117 Å². The number of benzene rings is 11. The maximum atomic E-state index is 12.8. The van der Waals surface area contributed by atoms with E-state index >= 15 is 0 Å². The maximum Gasteiger partial charge on any atom is 0.343 e. The third kappa shape index (κ3) is 36.0. The number of hydrogen-bond acceptors (Lipinski definition) is 27. The molecule has 0 aliphatic heterocycles. The van der Waals surface area contributed by atoms with E-state index in [1.54, 1.807) is 174 Å². The molecule has 0 saturated carbocycles. The van der Waals surface area contributed by atoms with Crippen LogP contribution >= 0.6 is 24.0 Å². The zero-order valence-electron chi connectivity index (χ0n) is 77.4. The van der Waals surface area contributed by atoms with Crippen molar-refractivity contribution >= 4 is 117 Å². The van der Waals surface area contributed by atoms with Crippen molar-refractivity contribution in [2.24, 2.45) is 0 Å². The predicted octanol–water partition coefficient (Wildman–Crippen LogP) is 21.9. The predicted molar refractivity (Wildman–Crippen MR) is 526 cm³/mol. The number of halogens is 1. The smallest absolute Gasteiger partial charge is 0.343 e. The van der Waals surface area contributed by atoms with Crippen molar-refractivity contribution in [1.29, 1.82) is 0 Å². The average molecular weight is 2020 g/mol. The number of esters is 12. The molecule has 0 saturated heterocycles. The first-order valence-electron chi connectivity index (χ1n) is 42.0. The third-order valence-corrected chi connectivity index (χ3v) is 18.4. The first kappa shape index (κ1) is 111. The van der Waals surface area contributed by atoms with Gasteiger partial charge < -0.3 is 71.1 Å². The summed E-state index contributed by atoms with van der Waals surface area (Å²) in [4.78, 5) is 142. The second kappa shape index (κ2) is 54.9. The Hall–Kier alpha value is -16.1. The molecule has 27 nitrogen and oxygen atoms in total. The van der Waals surface area contributed by atoms with Crippen LogP contribution in [0, 0.1) is 0 Å². The number of rotatable bonds is 37. The van der Waals surface area contributed by atoms with Crippen LogP contribution < -0.4 is 61.6 Å². The van der Waals surface area contributed by atoms with Gasteiger partial charge in [0.05, 0.1) is 36.5 Å². The minimum Gasteiger partial charge on any atom is -0.493 e. The van der Waals surface area contributed by atoms with Crippen LogP contribution in [0.25, 0.3) is 32.7 Å². The quantitative estimate of drug-likeness (QED) is 0.00871. The molecule has 29 heteroatoms. The Balaban J connectivity index is 0.000000289. The summed E-state index contributed by atoms with van der Waals surface area (Å²) in [5, 5.41) is 3.42. The summed E-state index contributed by atoms with van der Waals surface area (Å²) in [6.07, 6.45) is 3.76. The fourth-order valence-corrected chi connectivity index (χ4v) is 11.1. The van der Waals surface area contributed by atoms with Gasteiger partial charge in [0.2, 0.25) is 6.79 Å². The number of fused-ring (bicyclic) bond motifs is 2. The second-order valence-corrected chi connectivity index (χ2v) is 30.3. The molecule has 0 N–H and O–H groups in total. The summed E-state index contributed by atoms with van der Waals surface area (Å²) >= 11 is 0. The van der Waals surface area contributed by atoms with Crippen LogP contribution in [0.5, 0.6) is 74.7 Å². The molecule has 0 atom stereocenters. The van der Waals surface area contributed by atoms with Crippen LogP contribution in [0.3, 0.4) is 0 Å². The molecule has 11 aromatic rings. The largest absolute Gasteiger partial charge is 0.493 e. The molecule has 0 fully saturated rings. The van der Waals surface area contributed by atoms with Gasteiger partial charge in [-0.2, -0.15) is 0 Å². The maximum absolute atomic E-state index is 12.8. The Morgan fingerprint density at radius 1 is 0.275 bits per heavy atom. The minimum atomic E-state index is -0.771. The van der Waals surface area contributed by atoms with Gasteiger partial charge in [0, 0.05) is 80.9 Å². The molecular formula is C109H101CrIO27. The Labute approximate surface area is 826 Å². The van der Waals surface area contributed by atoms with Crippen LogP contribution in [-0.4, -0.2) is 98.2 Å². The topological polar surface area (TPSA) is 343 Å². The molecule has 0 unspecified atom stereocenters. The Bertz CT molecular complexity index is 6360. The van der Waals surface area contributed by atoms with Gasteiger partial charge in [-0.05, 0) is 275 Å². The molecule has 0 aliphatic carbocycles. The van der Waals surface area contributed by atoms with E-state index in [4.69, 9.17) is 71.1 Å². The van der Waals surface area contributed by atoms with E-state index in [1.165, 1.54) is 63.2 Å². The van der Waals surface area contributed by atoms with Gasteiger partial charge in [0.1, 0.15) is 63.2 Å². The van der Waals surface area contributed by atoms with E-state index in [9.17, 15) is 57.5 Å². The zero-order chi connectivity index (χ0) is 99.2. The first-order valence-corrected chi connectivity index (χ1v) is 42.0. The van der Waals surface area contributed by atoms with E-state index in [1.807, 2.05) is 48.5 Å². The summed E-state index contributed by atoms with van der Waals surface area (Å²) in [6, 6.07) is 63.8. The van der Waals surface area contributed by atoms with Crippen molar-refractivity contribution in [1.82, 2.24) is 0 Å². The summed E-state index contributed by atoms with van der Waals surface area (Å²) in [5.41, 5.74) is 6.67. The van der Waals surface area contributed by atoms with Crippen LogP contribution in [0.1, 0.15) is 117 Å². The number of carbonyl (C=O) groups excluding carboxylic acids is 12. The Morgan fingerprint density at radius 2 is 0.601 bits per heavy atom. The van der Waals surface area contributed by atoms with Gasteiger partial charge in [-0.15, -0.1) is 24.0 Å². The molecule has 0 radical (unpaired) electrons. The van der Waals surface area contributed by atoms with Crippen LogP contribution in [0.2, 0.25) is 0 Å². The van der Waals surface area contributed by atoms with Crippen molar-refractivity contribution in [3.05, 3.63) is 368 Å². The first-order chi connectivity index (χ1) is 64.8. The molecule has 0 spiro atoms. The van der Waals surface area contributed by atoms with Crippen molar-refractivity contribution < 1.29 is 146 Å². The minimum absolute atomic E-state index is 0. The molecule has 138 heavy (non-hydrogen) atoms. The molecule has 11 aromatic carbocycles. The molecule has 0 heterocycles. The van der Waals surface area contributed by atoms with Crippen molar-refractivity contribution in [2.75, 3.05) is 26.6 Å². The fourth-order valence-electron chi connectivity index (χ4n) is 11.1. The summed E-state index contributed by atoms with van der Waals surface area (Å²) in [6.45, 7) is 46.8. The standard InChI is InChI=1S/C38H38O9.C26H22O6.C25H22O8.C20H18O4.Cr.HI/c1-6-8-30-23-34(47-38(41)27-9-13-31(14-10-27)42-19-7-20-43-36(39)25(2)3)17-18-35(30)45-24-44-32-15-11-29-22-33(16-12-28(29)21-32)46-37(40)26(4)5;1-4-24(27)30-14-13-18-5-10-22(11-6-18)31-26(29)21-8-7-20-16-23(12-9-19(20)15-21)32-25(28)17(2)3;1-14(2)22(26)30-18-8-10-19(11-9-18)31-25(29)17-7-12-20(32-23(27)15(3)4)21(13-17)33-24(28)16(5)6;1-13(2)19(21)23-17-9-5-15(6-10-17)16-7-11-18(12-8-16)24-20(22)14(3)4;;/h9-18,21-23H,2,4,6-8,19-20,24H2,1,3,5H3;4-12,15-16H,1-2,13-14H2,3H3;7-13H,1,3,5H2,2,4,6H3;5-12H,1,3H2,2,4H3;;1H. The van der Waals surface area contributed by atoms with Gasteiger partial charge in [0.15, 0.2) is 11.5 Å². The van der Waals surface area contributed by atoms with Gasteiger partial charge in [-0.25, -0.2) is 57.5 Å². The van der Waals surface area contributed by atoms with E-state index < -0.39 is 71.6 Å². The third-order valence-electron chi connectivity index (χ3n) is 18.4. The SMILES string of the molecule is C=C(C)C(=O)OCCCOc1ccc(C(=O)Oc2ccc(OCOc3ccc4cc(OC(=O)C(=C)C)ccc4c3)c(CCC)c2)cc1.C=C(C)C(=O)Oc1ccc(-c2ccc(OC(=O)C(=C)C)cc2)cc1.C=C(C)C(=O)Oc1ccc(OC(=O)c2ccc(OC(=O)C(=C)C)c(OC(=O)C(=C)C)c2)cc1.C=CC(=O)OCCc1ccc(OC(=O)c2ccc3cc(OC(=O)C(=C)C)ccc3c2)cc1.I.[Cr]. The van der Waals surface area contributed by atoms with Crippen LogP contribution in [0.15, 0.2) is 340 Å². The second-order valence-electron chi connectivity index (χ2n) is 30.3. The van der Waals surface area contributed by atoms with Gasteiger partial charge in [-0.3, -0.25) is 0 Å². The molecule has 712 valence electrons. The monoisotopic (exact) mass is 2020 g/mol. The normalized spacial score (nSPS) is 10.1. The van der Waals surface area contributed by atoms with Crippen LogP contribution in [0.4, 0.5) is 0 Å². The number of carbonyl (C=O) groups is 12. The Kier molecular flexibility index (Phi) is 44.0. The van der Waals surface area contributed by atoms with Crippen molar-refractivity contribution in [3.63, 3.8) is 0 Å². The van der Waals surface area contributed by atoms with E-state index in [-0.39, 0.29) is 107 Å². The molecule has 0 aromatic heterocycles. The van der Waals surface area contributed by atoms with Gasteiger partial charge >= 0.3 is 71.6 Å². The zero-order valence-corrected chi connectivity index (χ0v) is 81.0. The number of hydrogen-bond donors (Lipinski definition) is 0. The average Bonchev–Trinajstić information content (AvgIpc) is 0.829. The molecule has 0 aliphatic rings.